The minimum absolute atomic E-state index is 0.0221. The molecule has 3 aromatic rings. The largest absolute Gasteiger partial charge is 0.481 e. The lowest BCUT2D eigenvalue weighted by Crippen LogP contribution is -2.31. The molecule has 0 spiro atoms. The summed E-state index contributed by atoms with van der Waals surface area (Å²) in [4.78, 5) is 35.1. The van der Waals surface area contributed by atoms with E-state index in [1.807, 2.05) is 26.8 Å². The normalized spacial score (nSPS) is 14.2. The third-order valence-electron chi connectivity index (χ3n) is 6.41. The lowest BCUT2D eigenvalue weighted by molar-refractivity contribution is -0.155. The van der Waals surface area contributed by atoms with Gasteiger partial charge in [0.2, 0.25) is 5.88 Å². The highest BCUT2D eigenvalue weighted by molar-refractivity contribution is 5.71. The predicted octanol–water partition coefficient (Wildman–Crippen LogP) is 4.28. The highest BCUT2D eigenvalue weighted by Gasteiger charge is 2.25. The fourth-order valence-corrected chi connectivity index (χ4v) is 4.66. The summed E-state index contributed by atoms with van der Waals surface area (Å²) in [7, 11) is 1.55. The Morgan fingerprint density at radius 2 is 1.92 bits per heavy atom. The van der Waals surface area contributed by atoms with Gasteiger partial charge in [0.1, 0.15) is 5.60 Å². The van der Waals surface area contributed by atoms with Crippen LogP contribution in [0.25, 0.3) is 0 Å². The summed E-state index contributed by atoms with van der Waals surface area (Å²) < 4.78 is 14.0. The molecular formula is C28H36N4O4. The van der Waals surface area contributed by atoms with Crippen molar-refractivity contribution in [2.75, 3.05) is 7.11 Å². The van der Waals surface area contributed by atoms with Crippen LogP contribution in [0.4, 0.5) is 0 Å². The third-order valence-corrected chi connectivity index (χ3v) is 6.41. The van der Waals surface area contributed by atoms with Crippen molar-refractivity contribution in [2.24, 2.45) is 0 Å². The van der Waals surface area contributed by atoms with Crippen molar-refractivity contribution in [3.05, 3.63) is 75.9 Å². The molecule has 4 rings (SSSR count). The molecule has 8 nitrogen and oxygen atoms in total. The van der Waals surface area contributed by atoms with E-state index in [4.69, 9.17) is 14.5 Å². The van der Waals surface area contributed by atoms with Crippen molar-refractivity contribution in [3.8, 4) is 5.88 Å². The Bertz CT molecular complexity index is 1240. The Morgan fingerprint density at radius 3 is 2.64 bits per heavy atom. The van der Waals surface area contributed by atoms with Gasteiger partial charge < -0.3 is 9.47 Å². The lowest BCUT2D eigenvalue weighted by atomic mass is 9.95. The van der Waals surface area contributed by atoms with E-state index in [-0.39, 0.29) is 18.1 Å². The topological polar surface area (TPSA) is 88.2 Å². The molecule has 3 aromatic heterocycles. The number of carbonyl (C=O) groups is 1. The number of rotatable bonds is 9. The highest BCUT2D eigenvalue weighted by atomic mass is 16.6. The van der Waals surface area contributed by atoms with Crippen molar-refractivity contribution >= 4 is 5.97 Å². The number of ether oxygens (including phenoxy) is 2. The van der Waals surface area contributed by atoms with Gasteiger partial charge in [0, 0.05) is 42.6 Å². The van der Waals surface area contributed by atoms with Crippen LogP contribution in [0.15, 0.2) is 47.7 Å². The molecule has 1 atom stereocenters. The molecule has 0 saturated carbocycles. The van der Waals surface area contributed by atoms with Crippen LogP contribution < -0.4 is 10.4 Å². The Balaban J connectivity index is 1.48. The maximum absolute atomic E-state index is 13.3. The molecule has 0 saturated heterocycles. The van der Waals surface area contributed by atoms with Crippen LogP contribution in [-0.2, 0) is 35.3 Å². The minimum Gasteiger partial charge on any atom is -0.481 e. The van der Waals surface area contributed by atoms with Gasteiger partial charge in [-0.1, -0.05) is 12.1 Å². The maximum atomic E-state index is 13.3. The lowest BCUT2D eigenvalue weighted by Gasteiger charge is -2.23. The number of nitrogens with zero attached hydrogens (tertiary/aromatic N) is 4. The first kappa shape index (κ1) is 25.7. The van der Waals surface area contributed by atoms with Crippen molar-refractivity contribution < 1.29 is 14.3 Å². The van der Waals surface area contributed by atoms with E-state index < -0.39 is 11.6 Å². The zero-order valence-electron chi connectivity index (χ0n) is 21.7. The van der Waals surface area contributed by atoms with Gasteiger partial charge in [0.25, 0.3) is 0 Å². The van der Waals surface area contributed by atoms with Gasteiger partial charge in [0.15, 0.2) is 0 Å². The second-order valence-corrected chi connectivity index (χ2v) is 10.3. The van der Waals surface area contributed by atoms with Gasteiger partial charge >= 0.3 is 11.7 Å². The van der Waals surface area contributed by atoms with Crippen LogP contribution in [0.1, 0.15) is 75.0 Å². The van der Waals surface area contributed by atoms with Crippen molar-refractivity contribution in [3.63, 3.8) is 0 Å². The van der Waals surface area contributed by atoms with Gasteiger partial charge in [-0.25, -0.2) is 9.78 Å². The molecule has 0 aromatic carbocycles. The summed E-state index contributed by atoms with van der Waals surface area (Å²) in [6.45, 7) is 6.06. The second kappa shape index (κ2) is 11.1. The molecule has 0 bridgehead atoms. The number of imidazole rings is 1. The van der Waals surface area contributed by atoms with E-state index in [1.54, 1.807) is 40.9 Å². The second-order valence-electron chi connectivity index (χ2n) is 10.3. The van der Waals surface area contributed by atoms with E-state index in [0.29, 0.717) is 12.4 Å². The number of aromatic nitrogens is 4. The zero-order chi connectivity index (χ0) is 25.7. The average molecular weight is 493 g/mol. The Morgan fingerprint density at radius 1 is 1.11 bits per heavy atom. The average Bonchev–Trinajstić information content (AvgIpc) is 3.21. The number of carbonyl (C=O) groups excluding carboxylic acids is 1. The molecular weight excluding hydrogens is 456 g/mol. The molecule has 0 amide bonds. The number of methoxy groups -OCH3 is 1. The van der Waals surface area contributed by atoms with E-state index in [0.717, 1.165) is 36.9 Å². The quantitative estimate of drug-likeness (QED) is 0.414. The third kappa shape index (κ3) is 6.42. The van der Waals surface area contributed by atoms with Gasteiger partial charge in [-0.05, 0) is 76.5 Å². The number of pyridine rings is 2. The summed E-state index contributed by atoms with van der Waals surface area (Å²) in [5.74, 6) is 0.0944. The first-order valence-corrected chi connectivity index (χ1v) is 12.7. The molecule has 0 aliphatic heterocycles. The standard InChI is InChI=1S/C28H36N4O4/c1-28(2,3)36-26(33)18-24(21-12-14-25(35-4)29-19-21)32-17-16-31(27(32)34)15-7-9-22-13-11-20-8-5-6-10-23(20)30-22/h11-14,16-17,19,24H,5-10,15,18H2,1-4H3. The Labute approximate surface area is 212 Å². The van der Waals surface area contributed by atoms with Crippen LogP contribution in [0, 0.1) is 0 Å². The molecule has 1 aliphatic rings. The number of aryl methyl sites for hydroxylation is 4. The summed E-state index contributed by atoms with van der Waals surface area (Å²) >= 11 is 0. The van der Waals surface area contributed by atoms with Gasteiger partial charge in [-0.15, -0.1) is 0 Å². The number of hydrogen-bond acceptors (Lipinski definition) is 6. The maximum Gasteiger partial charge on any atom is 0.328 e. The summed E-state index contributed by atoms with van der Waals surface area (Å²) in [5.41, 5.74) is 3.65. The monoisotopic (exact) mass is 492 g/mol. The van der Waals surface area contributed by atoms with Crippen molar-refractivity contribution in [1.29, 1.82) is 0 Å². The molecule has 36 heavy (non-hydrogen) atoms. The van der Waals surface area contributed by atoms with Crippen LogP contribution in [-0.4, -0.2) is 37.8 Å². The Kier molecular flexibility index (Phi) is 7.91. The first-order valence-electron chi connectivity index (χ1n) is 12.7. The SMILES string of the molecule is COc1ccc(C(CC(=O)OC(C)(C)C)n2ccn(CCCc3ccc4c(n3)CCCC4)c2=O)cn1. The van der Waals surface area contributed by atoms with Crippen LogP contribution in [0.2, 0.25) is 0 Å². The summed E-state index contributed by atoms with van der Waals surface area (Å²) in [6, 6.07) is 7.35. The van der Waals surface area contributed by atoms with Crippen LogP contribution in [0.3, 0.4) is 0 Å². The number of hydrogen-bond donors (Lipinski definition) is 0. The molecule has 192 valence electrons. The predicted molar refractivity (Wildman–Crippen MR) is 137 cm³/mol. The molecule has 1 aliphatic carbocycles. The molecule has 3 heterocycles. The Hall–Kier alpha value is -3.42. The van der Waals surface area contributed by atoms with Crippen molar-refractivity contribution in [1.82, 2.24) is 19.1 Å². The van der Waals surface area contributed by atoms with Crippen molar-refractivity contribution in [2.45, 2.75) is 83.9 Å². The molecule has 8 heteroatoms. The van der Waals surface area contributed by atoms with Gasteiger partial charge in [0.05, 0.1) is 19.6 Å². The smallest absolute Gasteiger partial charge is 0.328 e. The summed E-state index contributed by atoms with van der Waals surface area (Å²) in [6.07, 6.45) is 11.4. The van der Waals surface area contributed by atoms with E-state index in [2.05, 4.69) is 17.1 Å². The molecule has 0 N–H and O–H groups in total. The summed E-state index contributed by atoms with van der Waals surface area (Å²) in [5, 5.41) is 0. The first-order chi connectivity index (χ1) is 17.2. The van der Waals surface area contributed by atoms with Gasteiger partial charge in [-0.3, -0.25) is 18.9 Å². The van der Waals surface area contributed by atoms with Gasteiger partial charge in [-0.2, -0.15) is 0 Å². The number of fused-ring (bicyclic) bond motifs is 1. The van der Waals surface area contributed by atoms with E-state index in [1.165, 1.54) is 24.1 Å². The fourth-order valence-electron chi connectivity index (χ4n) is 4.66. The van der Waals surface area contributed by atoms with E-state index >= 15 is 0 Å². The molecule has 1 unspecified atom stereocenters. The molecule has 0 fully saturated rings. The van der Waals surface area contributed by atoms with E-state index in [9.17, 15) is 9.59 Å². The zero-order valence-corrected chi connectivity index (χ0v) is 21.7. The highest BCUT2D eigenvalue weighted by Crippen LogP contribution is 2.24. The van der Waals surface area contributed by atoms with Crippen LogP contribution >= 0.6 is 0 Å². The van der Waals surface area contributed by atoms with Crippen LogP contribution in [0.5, 0.6) is 5.88 Å². The fraction of sp³-hybridized carbons (Fsp3) is 0.500. The minimum atomic E-state index is -0.610. The molecule has 0 radical (unpaired) electrons. The number of esters is 1.